The summed E-state index contributed by atoms with van der Waals surface area (Å²) in [4.78, 5) is 11.0. The van der Waals surface area contributed by atoms with Crippen molar-refractivity contribution in [2.24, 2.45) is 11.8 Å². The van der Waals surface area contributed by atoms with Crippen LogP contribution in [-0.2, 0) is 19.4 Å². The third-order valence-corrected chi connectivity index (χ3v) is 7.00. The number of aliphatic hydroxyl groups excluding tert-OH is 1. The number of likely N-dealkylation sites (tertiary alicyclic amines) is 1. The Morgan fingerprint density at radius 1 is 1.14 bits per heavy atom. The zero-order chi connectivity index (χ0) is 19.8. The lowest BCUT2D eigenvalue weighted by molar-refractivity contribution is 0.0735. The Kier molecular flexibility index (Phi) is 5.14. The van der Waals surface area contributed by atoms with Crippen molar-refractivity contribution in [3.05, 3.63) is 47.4 Å². The molecule has 2 aromatic rings. The highest BCUT2D eigenvalue weighted by Crippen LogP contribution is 2.39. The fraction of sp³-hybridized carbons (Fsp3) is 0.565. The zero-order valence-corrected chi connectivity index (χ0v) is 17.1. The summed E-state index contributed by atoms with van der Waals surface area (Å²) in [6.45, 7) is 3.07. The highest BCUT2D eigenvalue weighted by atomic mass is 16.5. The Morgan fingerprint density at radius 2 is 1.93 bits per heavy atom. The van der Waals surface area contributed by atoms with E-state index in [0.717, 1.165) is 44.0 Å². The molecule has 6 nitrogen and oxygen atoms in total. The van der Waals surface area contributed by atoms with Crippen LogP contribution in [0.25, 0.3) is 0 Å². The number of nitrogens with one attached hydrogen (secondary N) is 1. The van der Waals surface area contributed by atoms with Gasteiger partial charge in [0, 0.05) is 37.6 Å². The van der Waals surface area contributed by atoms with Crippen LogP contribution in [0, 0.1) is 11.8 Å². The lowest BCUT2D eigenvalue weighted by Gasteiger charge is -2.35. The summed E-state index contributed by atoms with van der Waals surface area (Å²) in [6.07, 6.45) is 10.2. The van der Waals surface area contributed by atoms with E-state index < -0.39 is 0 Å². The van der Waals surface area contributed by atoms with E-state index in [2.05, 4.69) is 32.3 Å². The van der Waals surface area contributed by atoms with Crippen molar-refractivity contribution in [3.8, 4) is 5.75 Å². The van der Waals surface area contributed by atoms with Crippen LogP contribution >= 0.6 is 0 Å². The highest BCUT2D eigenvalue weighted by molar-refractivity contribution is 5.45. The molecule has 2 N–H and O–H groups in total. The molecule has 5 rings (SSSR count). The maximum absolute atomic E-state index is 10.7. The smallest absolute Gasteiger partial charge is 0.144 e. The molecule has 1 aliphatic heterocycles. The topological polar surface area (TPSA) is 70.5 Å². The van der Waals surface area contributed by atoms with Gasteiger partial charge in [-0.25, -0.2) is 4.98 Å². The molecule has 0 radical (unpaired) electrons. The van der Waals surface area contributed by atoms with Gasteiger partial charge in [-0.15, -0.1) is 0 Å². The SMILES string of the molecule is COc1cc2c(cc1CN1C[C@H]3C[C@@H](Nc4cnccn4)[C@H](O)C[C@H]3C1)CCC2. The first kappa shape index (κ1) is 18.8. The van der Waals surface area contributed by atoms with Gasteiger partial charge in [-0.2, -0.15) is 0 Å². The quantitative estimate of drug-likeness (QED) is 0.813. The average molecular weight is 395 g/mol. The maximum atomic E-state index is 10.7. The Hall–Kier alpha value is -2.18. The highest BCUT2D eigenvalue weighted by Gasteiger charge is 2.41. The Bertz CT molecular complexity index is 859. The van der Waals surface area contributed by atoms with E-state index >= 15 is 0 Å². The van der Waals surface area contributed by atoms with E-state index in [-0.39, 0.29) is 12.1 Å². The van der Waals surface area contributed by atoms with Crippen molar-refractivity contribution >= 4 is 5.82 Å². The molecule has 2 fully saturated rings. The molecule has 0 bridgehead atoms. The number of methoxy groups -OCH3 is 1. The molecular weight excluding hydrogens is 364 g/mol. The van der Waals surface area contributed by atoms with Crippen LogP contribution in [0.15, 0.2) is 30.7 Å². The molecule has 1 saturated heterocycles. The molecule has 1 aromatic heterocycles. The Labute approximate surface area is 172 Å². The third kappa shape index (κ3) is 3.83. The molecule has 4 atom stereocenters. The summed E-state index contributed by atoms with van der Waals surface area (Å²) in [5.41, 5.74) is 4.27. The number of hydrogen-bond donors (Lipinski definition) is 2. The van der Waals surface area contributed by atoms with E-state index in [9.17, 15) is 5.11 Å². The van der Waals surface area contributed by atoms with E-state index in [1.165, 1.54) is 36.0 Å². The maximum Gasteiger partial charge on any atom is 0.144 e. The second kappa shape index (κ2) is 7.92. The molecule has 0 spiro atoms. The number of rotatable bonds is 5. The molecular formula is C23H30N4O2. The first-order valence-electron chi connectivity index (χ1n) is 10.8. The Morgan fingerprint density at radius 3 is 2.69 bits per heavy atom. The van der Waals surface area contributed by atoms with Crippen LogP contribution in [0.4, 0.5) is 5.82 Å². The predicted octanol–water partition coefficient (Wildman–Crippen LogP) is 2.66. The number of benzene rings is 1. The number of aryl methyl sites for hydroxylation is 2. The van der Waals surface area contributed by atoms with Crippen molar-refractivity contribution in [1.82, 2.24) is 14.9 Å². The van der Waals surface area contributed by atoms with Crippen LogP contribution in [0.5, 0.6) is 5.75 Å². The molecule has 1 aromatic carbocycles. The number of ether oxygens (including phenoxy) is 1. The van der Waals surface area contributed by atoms with E-state index in [1.54, 1.807) is 25.7 Å². The van der Waals surface area contributed by atoms with Crippen molar-refractivity contribution in [3.63, 3.8) is 0 Å². The van der Waals surface area contributed by atoms with Gasteiger partial charge in [-0.05, 0) is 61.1 Å². The number of nitrogens with zero attached hydrogens (tertiary/aromatic N) is 3. The average Bonchev–Trinajstić information content (AvgIpc) is 3.34. The molecule has 0 unspecified atom stereocenters. The standard InChI is InChI=1S/C23H30N4O2/c1-29-22-10-16-4-2-3-15(16)7-19(22)14-27-12-17-8-20(21(28)9-18(17)13-27)26-23-11-24-5-6-25-23/h5-7,10-11,17-18,20-21,28H,2-4,8-9,12-14H2,1H3,(H,25,26)/t17-,18+,20-,21-/m1/s1. The predicted molar refractivity (Wildman–Crippen MR) is 112 cm³/mol. The molecule has 29 heavy (non-hydrogen) atoms. The molecule has 6 heteroatoms. The molecule has 0 amide bonds. The first-order valence-corrected chi connectivity index (χ1v) is 10.8. The molecule has 2 aliphatic carbocycles. The summed E-state index contributed by atoms with van der Waals surface area (Å²) < 4.78 is 5.71. The van der Waals surface area contributed by atoms with Gasteiger partial charge in [-0.1, -0.05) is 6.07 Å². The monoisotopic (exact) mass is 394 g/mol. The fourth-order valence-electron chi connectivity index (χ4n) is 5.58. The minimum atomic E-state index is -0.340. The number of aromatic nitrogens is 2. The summed E-state index contributed by atoms with van der Waals surface area (Å²) >= 11 is 0. The van der Waals surface area contributed by atoms with Gasteiger partial charge in [0.05, 0.1) is 25.5 Å². The van der Waals surface area contributed by atoms with Crippen LogP contribution in [0.3, 0.4) is 0 Å². The number of fused-ring (bicyclic) bond motifs is 2. The van der Waals surface area contributed by atoms with Gasteiger partial charge in [0.15, 0.2) is 0 Å². The van der Waals surface area contributed by atoms with Gasteiger partial charge < -0.3 is 15.2 Å². The second-order valence-electron chi connectivity index (χ2n) is 8.88. The van der Waals surface area contributed by atoms with Gasteiger partial charge in [0.25, 0.3) is 0 Å². The van der Waals surface area contributed by atoms with Crippen LogP contribution in [0.1, 0.15) is 36.0 Å². The van der Waals surface area contributed by atoms with Gasteiger partial charge >= 0.3 is 0 Å². The summed E-state index contributed by atoms with van der Waals surface area (Å²) in [5.74, 6) is 2.94. The molecule has 154 valence electrons. The lowest BCUT2D eigenvalue weighted by Crippen LogP contribution is -2.43. The van der Waals surface area contributed by atoms with Crippen molar-refractivity contribution in [2.75, 3.05) is 25.5 Å². The van der Waals surface area contributed by atoms with Crippen molar-refractivity contribution < 1.29 is 9.84 Å². The summed E-state index contributed by atoms with van der Waals surface area (Å²) in [7, 11) is 1.78. The third-order valence-electron chi connectivity index (χ3n) is 7.00. The zero-order valence-electron chi connectivity index (χ0n) is 17.1. The van der Waals surface area contributed by atoms with E-state index in [4.69, 9.17) is 4.74 Å². The number of anilines is 1. The minimum absolute atomic E-state index is 0.0439. The van der Waals surface area contributed by atoms with Crippen LogP contribution < -0.4 is 10.1 Å². The summed E-state index contributed by atoms with van der Waals surface area (Å²) in [6, 6.07) is 4.67. The first-order chi connectivity index (χ1) is 14.2. The van der Waals surface area contributed by atoms with E-state index in [1.807, 2.05) is 0 Å². The van der Waals surface area contributed by atoms with Crippen molar-refractivity contribution in [2.45, 2.75) is 50.8 Å². The molecule has 1 saturated carbocycles. The van der Waals surface area contributed by atoms with Crippen molar-refractivity contribution in [1.29, 1.82) is 0 Å². The van der Waals surface area contributed by atoms with E-state index in [0.29, 0.717) is 11.8 Å². The van der Waals surface area contributed by atoms with Crippen LogP contribution in [-0.4, -0.2) is 52.3 Å². The molecule has 3 aliphatic rings. The minimum Gasteiger partial charge on any atom is -0.496 e. The largest absolute Gasteiger partial charge is 0.496 e. The lowest BCUT2D eigenvalue weighted by atomic mass is 9.77. The fourth-order valence-corrected chi connectivity index (χ4v) is 5.58. The number of aliphatic hydroxyl groups is 1. The van der Waals surface area contributed by atoms with Crippen LogP contribution in [0.2, 0.25) is 0 Å². The number of hydrogen-bond acceptors (Lipinski definition) is 6. The summed E-state index contributed by atoms with van der Waals surface area (Å²) in [5, 5.41) is 14.1. The van der Waals surface area contributed by atoms with Gasteiger partial charge in [-0.3, -0.25) is 9.88 Å². The molecule has 2 heterocycles. The Balaban J connectivity index is 1.26. The normalized spacial score (nSPS) is 28.8. The second-order valence-corrected chi connectivity index (χ2v) is 8.88. The van der Waals surface area contributed by atoms with Gasteiger partial charge in [0.2, 0.25) is 0 Å². The van der Waals surface area contributed by atoms with Gasteiger partial charge in [0.1, 0.15) is 11.6 Å².